The standard InChI is InChI=1S/C11H20N4OS/c1-8-10(17-9(14-8)4-5-12)11(16)13-6-7-15(2)3/h4-7,12H2,1-3H3,(H,13,16). The molecule has 0 unspecified atom stereocenters. The lowest BCUT2D eigenvalue weighted by molar-refractivity contribution is 0.0954. The van der Waals surface area contributed by atoms with Crippen LogP contribution in [0, 0.1) is 6.92 Å². The van der Waals surface area contributed by atoms with E-state index >= 15 is 0 Å². The summed E-state index contributed by atoms with van der Waals surface area (Å²) in [4.78, 5) is 18.9. The van der Waals surface area contributed by atoms with Crippen molar-refractivity contribution in [1.29, 1.82) is 0 Å². The zero-order valence-corrected chi connectivity index (χ0v) is 11.4. The third-order valence-electron chi connectivity index (χ3n) is 2.25. The Balaban J connectivity index is 2.56. The first-order valence-corrected chi connectivity index (χ1v) is 6.45. The molecule has 3 N–H and O–H groups in total. The highest BCUT2D eigenvalue weighted by Crippen LogP contribution is 2.17. The number of aromatic nitrogens is 1. The van der Waals surface area contributed by atoms with Gasteiger partial charge in [-0.25, -0.2) is 4.98 Å². The number of likely N-dealkylation sites (N-methyl/N-ethyl adjacent to an activating group) is 1. The Morgan fingerprint density at radius 3 is 2.82 bits per heavy atom. The Hall–Kier alpha value is -0.980. The second kappa shape index (κ2) is 6.68. The molecule has 0 saturated carbocycles. The highest BCUT2D eigenvalue weighted by molar-refractivity contribution is 7.13. The summed E-state index contributed by atoms with van der Waals surface area (Å²) >= 11 is 1.43. The van der Waals surface area contributed by atoms with E-state index in [1.54, 1.807) is 0 Å². The SMILES string of the molecule is Cc1nc(CCN)sc1C(=O)NCCN(C)C. The molecule has 0 radical (unpaired) electrons. The molecule has 96 valence electrons. The summed E-state index contributed by atoms with van der Waals surface area (Å²) in [5, 5.41) is 3.82. The molecular formula is C11H20N4OS. The van der Waals surface area contributed by atoms with Gasteiger partial charge in [-0.3, -0.25) is 4.79 Å². The number of rotatable bonds is 6. The minimum atomic E-state index is -0.0369. The molecule has 17 heavy (non-hydrogen) atoms. The van der Waals surface area contributed by atoms with E-state index in [4.69, 9.17) is 5.73 Å². The average Bonchev–Trinajstić information content (AvgIpc) is 2.59. The molecule has 1 heterocycles. The van der Waals surface area contributed by atoms with Gasteiger partial charge >= 0.3 is 0 Å². The van der Waals surface area contributed by atoms with Gasteiger partial charge in [-0.2, -0.15) is 0 Å². The maximum atomic E-state index is 11.9. The number of carbonyl (C=O) groups excluding carboxylic acids is 1. The van der Waals surface area contributed by atoms with Crippen molar-refractivity contribution >= 4 is 17.2 Å². The molecule has 1 aromatic heterocycles. The highest BCUT2D eigenvalue weighted by Gasteiger charge is 2.14. The number of nitrogens with zero attached hydrogens (tertiary/aromatic N) is 2. The van der Waals surface area contributed by atoms with Crippen LogP contribution < -0.4 is 11.1 Å². The molecule has 6 heteroatoms. The Morgan fingerprint density at radius 1 is 1.53 bits per heavy atom. The van der Waals surface area contributed by atoms with Crippen molar-refractivity contribution < 1.29 is 4.79 Å². The molecule has 1 amide bonds. The summed E-state index contributed by atoms with van der Waals surface area (Å²) < 4.78 is 0. The van der Waals surface area contributed by atoms with Gasteiger partial charge in [-0.1, -0.05) is 0 Å². The third kappa shape index (κ3) is 4.41. The lowest BCUT2D eigenvalue weighted by Gasteiger charge is -2.09. The molecule has 0 aliphatic heterocycles. The first-order chi connectivity index (χ1) is 8.04. The topological polar surface area (TPSA) is 71.2 Å². The minimum Gasteiger partial charge on any atom is -0.350 e. The van der Waals surface area contributed by atoms with Crippen LogP contribution in [-0.2, 0) is 6.42 Å². The first kappa shape index (κ1) is 14.1. The van der Waals surface area contributed by atoms with E-state index in [1.807, 2.05) is 25.9 Å². The van der Waals surface area contributed by atoms with Crippen molar-refractivity contribution in [1.82, 2.24) is 15.2 Å². The van der Waals surface area contributed by atoms with Crippen LogP contribution in [0.3, 0.4) is 0 Å². The number of amides is 1. The number of hydrogen-bond donors (Lipinski definition) is 2. The highest BCUT2D eigenvalue weighted by atomic mass is 32.1. The fourth-order valence-corrected chi connectivity index (χ4v) is 2.36. The summed E-state index contributed by atoms with van der Waals surface area (Å²) in [7, 11) is 3.95. The van der Waals surface area contributed by atoms with E-state index in [0.717, 1.165) is 23.7 Å². The molecule has 1 rings (SSSR count). The van der Waals surface area contributed by atoms with Gasteiger partial charge < -0.3 is 16.0 Å². The summed E-state index contributed by atoms with van der Waals surface area (Å²) in [5.74, 6) is -0.0369. The molecule has 0 spiro atoms. The van der Waals surface area contributed by atoms with Crippen LogP contribution >= 0.6 is 11.3 Å². The lowest BCUT2D eigenvalue weighted by Crippen LogP contribution is -2.31. The minimum absolute atomic E-state index is 0.0369. The third-order valence-corrected chi connectivity index (χ3v) is 3.47. The van der Waals surface area contributed by atoms with Gasteiger partial charge in [-0.05, 0) is 27.6 Å². The quantitative estimate of drug-likeness (QED) is 0.765. The molecular weight excluding hydrogens is 236 g/mol. The van der Waals surface area contributed by atoms with E-state index < -0.39 is 0 Å². The van der Waals surface area contributed by atoms with Crippen molar-refractivity contribution in [3.63, 3.8) is 0 Å². The summed E-state index contributed by atoms with van der Waals surface area (Å²) in [6.45, 7) is 3.90. The van der Waals surface area contributed by atoms with Crippen molar-refractivity contribution in [2.75, 3.05) is 33.7 Å². The number of nitrogens with one attached hydrogen (secondary N) is 1. The van der Waals surface area contributed by atoms with E-state index in [2.05, 4.69) is 10.3 Å². The molecule has 0 aliphatic carbocycles. The molecule has 0 bridgehead atoms. The van der Waals surface area contributed by atoms with E-state index in [9.17, 15) is 4.79 Å². The molecule has 1 aromatic rings. The maximum absolute atomic E-state index is 11.9. The predicted molar refractivity (Wildman–Crippen MR) is 70.5 cm³/mol. The van der Waals surface area contributed by atoms with Gasteiger partial charge in [0.25, 0.3) is 5.91 Å². The maximum Gasteiger partial charge on any atom is 0.263 e. The van der Waals surface area contributed by atoms with Gasteiger partial charge in [-0.15, -0.1) is 11.3 Å². The van der Waals surface area contributed by atoms with Gasteiger partial charge in [0.15, 0.2) is 0 Å². The summed E-state index contributed by atoms with van der Waals surface area (Å²) in [6, 6.07) is 0. The van der Waals surface area contributed by atoms with Gasteiger partial charge in [0.2, 0.25) is 0 Å². The van der Waals surface area contributed by atoms with E-state index in [1.165, 1.54) is 11.3 Å². The van der Waals surface area contributed by atoms with E-state index in [-0.39, 0.29) is 5.91 Å². The van der Waals surface area contributed by atoms with Crippen LogP contribution in [0.4, 0.5) is 0 Å². The van der Waals surface area contributed by atoms with Crippen molar-refractivity contribution in [3.8, 4) is 0 Å². The van der Waals surface area contributed by atoms with Gasteiger partial charge in [0.05, 0.1) is 10.7 Å². The summed E-state index contributed by atoms with van der Waals surface area (Å²) in [6.07, 6.45) is 0.733. The molecule has 0 atom stereocenters. The zero-order chi connectivity index (χ0) is 12.8. The monoisotopic (exact) mass is 256 g/mol. The van der Waals surface area contributed by atoms with Crippen LogP contribution in [0.1, 0.15) is 20.4 Å². The van der Waals surface area contributed by atoms with Crippen molar-refractivity contribution in [3.05, 3.63) is 15.6 Å². The van der Waals surface area contributed by atoms with Gasteiger partial charge in [0.1, 0.15) is 4.88 Å². The van der Waals surface area contributed by atoms with Crippen LogP contribution in [0.5, 0.6) is 0 Å². The van der Waals surface area contributed by atoms with Crippen LogP contribution in [0.25, 0.3) is 0 Å². The molecule has 5 nitrogen and oxygen atoms in total. The zero-order valence-electron chi connectivity index (χ0n) is 10.6. The second-order valence-corrected chi connectivity index (χ2v) is 5.20. The fourth-order valence-electron chi connectivity index (χ4n) is 1.37. The smallest absolute Gasteiger partial charge is 0.263 e. The average molecular weight is 256 g/mol. The lowest BCUT2D eigenvalue weighted by atomic mass is 10.3. The molecule has 0 fully saturated rings. The number of hydrogen-bond acceptors (Lipinski definition) is 5. The molecule has 0 saturated heterocycles. The Bertz CT molecular complexity index is 376. The van der Waals surface area contributed by atoms with Crippen molar-refractivity contribution in [2.45, 2.75) is 13.3 Å². The molecule has 0 aliphatic rings. The normalized spacial score (nSPS) is 10.9. The van der Waals surface area contributed by atoms with Crippen LogP contribution in [-0.4, -0.2) is 49.5 Å². The first-order valence-electron chi connectivity index (χ1n) is 5.64. The second-order valence-electron chi connectivity index (χ2n) is 4.12. The Morgan fingerprint density at radius 2 is 2.24 bits per heavy atom. The Kier molecular flexibility index (Phi) is 5.54. The van der Waals surface area contributed by atoms with Crippen molar-refractivity contribution in [2.24, 2.45) is 5.73 Å². The largest absolute Gasteiger partial charge is 0.350 e. The van der Waals surface area contributed by atoms with Gasteiger partial charge in [0, 0.05) is 19.5 Å². The number of thiazole rings is 1. The number of aryl methyl sites for hydroxylation is 1. The predicted octanol–water partition coefficient (Wildman–Crippen LogP) is 0.244. The summed E-state index contributed by atoms with van der Waals surface area (Å²) in [5.41, 5.74) is 6.26. The fraction of sp³-hybridized carbons (Fsp3) is 0.636. The molecule has 0 aromatic carbocycles. The van der Waals surface area contributed by atoms with E-state index in [0.29, 0.717) is 18.0 Å². The number of carbonyl (C=O) groups is 1. The van der Waals surface area contributed by atoms with Crippen LogP contribution in [0.15, 0.2) is 0 Å². The Labute approximate surface area is 106 Å². The van der Waals surface area contributed by atoms with Crippen LogP contribution in [0.2, 0.25) is 0 Å². The number of nitrogens with two attached hydrogens (primary N) is 1.